The first-order valence-electron chi connectivity index (χ1n) is 8.91. The number of hydrogen-bond donors (Lipinski definition) is 2. The number of aromatic amines is 1. The zero-order chi connectivity index (χ0) is 17.6. The highest BCUT2D eigenvalue weighted by molar-refractivity contribution is 5.98. The number of amides is 1. The highest BCUT2D eigenvalue weighted by Gasteiger charge is 2.56. The zero-order valence-corrected chi connectivity index (χ0v) is 14.3. The smallest absolute Gasteiger partial charge is 0.270 e. The molecule has 2 fully saturated rings. The van der Waals surface area contributed by atoms with E-state index in [4.69, 9.17) is 4.74 Å². The van der Waals surface area contributed by atoms with Gasteiger partial charge in [0.2, 0.25) is 0 Å². The van der Waals surface area contributed by atoms with Crippen LogP contribution in [0.15, 0.2) is 24.3 Å². The first-order valence-corrected chi connectivity index (χ1v) is 8.91. The molecule has 1 saturated heterocycles. The third-order valence-electron chi connectivity index (χ3n) is 5.90. The molecule has 134 valence electrons. The molecule has 1 aliphatic heterocycles. The Balaban J connectivity index is 1.47. The van der Waals surface area contributed by atoms with Crippen LogP contribution in [-0.4, -0.2) is 52.8 Å². The largest absolute Gasteiger partial charge is 0.392 e. The van der Waals surface area contributed by atoms with Gasteiger partial charge in [-0.3, -0.25) is 4.79 Å². The number of aromatic nitrogens is 1. The minimum Gasteiger partial charge on any atom is -0.392 e. The molecule has 6 heteroatoms. The van der Waals surface area contributed by atoms with Crippen molar-refractivity contribution in [1.82, 2.24) is 9.88 Å². The summed E-state index contributed by atoms with van der Waals surface area (Å²) in [7, 11) is 0. The van der Waals surface area contributed by atoms with Crippen LogP contribution in [0.4, 0.5) is 4.39 Å². The molecule has 4 rings (SSSR count). The Kier molecular flexibility index (Phi) is 4.04. The van der Waals surface area contributed by atoms with Crippen LogP contribution in [0.5, 0.6) is 0 Å². The highest BCUT2D eigenvalue weighted by atomic mass is 19.1. The monoisotopic (exact) mass is 346 g/mol. The number of benzene rings is 1. The number of likely N-dealkylation sites (tertiary alicyclic amines) is 1. The average molecular weight is 346 g/mol. The lowest BCUT2D eigenvalue weighted by molar-refractivity contribution is -0.207. The van der Waals surface area contributed by atoms with Crippen molar-refractivity contribution >= 4 is 16.8 Å². The SMILES string of the molecule is CCOC1CC(O)C12CCN(C(=O)c1cc3cc(F)ccc3[nH]1)CC2. The van der Waals surface area contributed by atoms with Crippen molar-refractivity contribution in [2.45, 2.75) is 38.4 Å². The topological polar surface area (TPSA) is 65.6 Å². The molecule has 2 heterocycles. The molecule has 25 heavy (non-hydrogen) atoms. The van der Waals surface area contributed by atoms with Crippen molar-refractivity contribution in [1.29, 1.82) is 0 Å². The van der Waals surface area contributed by atoms with Gasteiger partial charge in [0.05, 0.1) is 12.2 Å². The van der Waals surface area contributed by atoms with Gasteiger partial charge in [-0.2, -0.15) is 0 Å². The molecule has 1 amide bonds. The molecule has 0 radical (unpaired) electrons. The van der Waals surface area contributed by atoms with E-state index in [0.29, 0.717) is 37.2 Å². The van der Waals surface area contributed by atoms with Crippen LogP contribution in [-0.2, 0) is 4.74 Å². The van der Waals surface area contributed by atoms with Crippen molar-refractivity contribution in [3.63, 3.8) is 0 Å². The molecule has 5 nitrogen and oxygen atoms in total. The van der Waals surface area contributed by atoms with E-state index in [-0.39, 0.29) is 29.3 Å². The number of rotatable bonds is 3. The Bertz CT molecular complexity index is 793. The maximum atomic E-state index is 13.3. The summed E-state index contributed by atoms with van der Waals surface area (Å²) in [5.74, 6) is -0.389. The number of ether oxygens (including phenoxy) is 1. The number of nitrogens with zero attached hydrogens (tertiary/aromatic N) is 1. The average Bonchev–Trinajstić information content (AvgIpc) is 3.04. The molecule has 2 N–H and O–H groups in total. The summed E-state index contributed by atoms with van der Waals surface area (Å²) in [5.41, 5.74) is 1.03. The quantitative estimate of drug-likeness (QED) is 0.898. The van der Waals surface area contributed by atoms with Crippen molar-refractivity contribution in [2.75, 3.05) is 19.7 Å². The molecule has 1 aliphatic carbocycles. The fraction of sp³-hybridized carbons (Fsp3) is 0.526. The molecule has 2 unspecified atom stereocenters. The van der Waals surface area contributed by atoms with Gasteiger partial charge in [-0.05, 0) is 44.0 Å². The van der Waals surface area contributed by atoms with Crippen molar-refractivity contribution < 1.29 is 19.0 Å². The highest BCUT2D eigenvalue weighted by Crippen LogP contribution is 2.51. The van der Waals surface area contributed by atoms with Gasteiger partial charge >= 0.3 is 0 Å². The summed E-state index contributed by atoms with van der Waals surface area (Å²) >= 11 is 0. The molecule has 2 aromatic rings. The lowest BCUT2D eigenvalue weighted by Crippen LogP contribution is -2.62. The fourth-order valence-corrected chi connectivity index (χ4v) is 4.33. The van der Waals surface area contributed by atoms with Gasteiger partial charge in [0.25, 0.3) is 5.91 Å². The number of fused-ring (bicyclic) bond motifs is 1. The van der Waals surface area contributed by atoms with Crippen molar-refractivity contribution in [3.8, 4) is 0 Å². The Labute approximate surface area is 145 Å². The van der Waals surface area contributed by atoms with Gasteiger partial charge in [-0.1, -0.05) is 0 Å². The Morgan fingerprint density at radius 1 is 1.40 bits per heavy atom. The minimum atomic E-state index is -0.336. The van der Waals surface area contributed by atoms with Crippen LogP contribution in [0.1, 0.15) is 36.7 Å². The van der Waals surface area contributed by atoms with Crippen LogP contribution >= 0.6 is 0 Å². The van der Waals surface area contributed by atoms with E-state index in [0.717, 1.165) is 18.4 Å². The number of hydrogen-bond acceptors (Lipinski definition) is 3. The maximum absolute atomic E-state index is 13.3. The molecule has 1 spiro atoms. The molecule has 0 bridgehead atoms. The van der Waals surface area contributed by atoms with Crippen molar-refractivity contribution in [2.24, 2.45) is 5.41 Å². The summed E-state index contributed by atoms with van der Waals surface area (Å²) in [5, 5.41) is 11.0. The molecule has 1 aromatic carbocycles. The number of aliphatic hydroxyl groups is 1. The second-order valence-electron chi connectivity index (χ2n) is 7.14. The Morgan fingerprint density at radius 2 is 2.16 bits per heavy atom. The normalized spacial score (nSPS) is 25.3. The summed E-state index contributed by atoms with van der Waals surface area (Å²) in [4.78, 5) is 17.6. The van der Waals surface area contributed by atoms with Crippen molar-refractivity contribution in [3.05, 3.63) is 35.8 Å². The van der Waals surface area contributed by atoms with Crippen LogP contribution < -0.4 is 0 Å². The first kappa shape index (κ1) is 16.5. The number of piperidine rings is 1. The van der Waals surface area contributed by atoms with Crippen LogP contribution in [0.25, 0.3) is 10.9 Å². The summed E-state index contributed by atoms with van der Waals surface area (Å²) < 4.78 is 19.1. The number of H-pyrrole nitrogens is 1. The standard InChI is InChI=1S/C19H23FN2O3/c1-2-25-17-11-16(23)19(17)5-7-22(8-6-19)18(24)15-10-12-9-13(20)3-4-14(12)21-15/h3-4,9-10,16-17,21,23H,2,5-8,11H2,1H3. The van der Waals surface area contributed by atoms with Gasteiger partial charge in [0, 0.05) is 42.4 Å². The molecule has 2 aliphatic rings. The van der Waals surface area contributed by atoms with E-state index in [1.54, 1.807) is 17.0 Å². The van der Waals surface area contributed by atoms with Gasteiger partial charge in [-0.15, -0.1) is 0 Å². The van der Waals surface area contributed by atoms with Crippen LogP contribution in [0.3, 0.4) is 0 Å². The van der Waals surface area contributed by atoms with E-state index in [2.05, 4.69) is 4.98 Å². The van der Waals surface area contributed by atoms with Gasteiger partial charge in [0.15, 0.2) is 0 Å². The summed E-state index contributed by atoms with van der Waals surface area (Å²) in [6.07, 6.45) is 1.95. The maximum Gasteiger partial charge on any atom is 0.270 e. The number of halogens is 1. The minimum absolute atomic E-state index is 0.0757. The molecule has 1 aromatic heterocycles. The first-order chi connectivity index (χ1) is 12.0. The zero-order valence-electron chi connectivity index (χ0n) is 14.3. The summed E-state index contributed by atoms with van der Waals surface area (Å²) in [6, 6.07) is 6.14. The lowest BCUT2D eigenvalue weighted by Gasteiger charge is -2.56. The number of carbonyl (C=O) groups excluding carboxylic acids is 1. The van der Waals surface area contributed by atoms with Gasteiger partial charge in [0.1, 0.15) is 11.5 Å². The molecular weight excluding hydrogens is 323 g/mol. The third kappa shape index (κ3) is 2.64. The number of aliphatic hydroxyl groups excluding tert-OH is 1. The predicted molar refractivity (Wildman–Crippen MR) is 91.9 cm³/mol. The third-order valence-corrected chi connectivity index (χ3v) is 5.90. The summed E-state index contributed by atoms with van der Waals surface area (Å²) in [6.45, 7) is 3.82. The molecule has 2 atom stereocenters. The second kappa shape index (κ2) is 6.11. The van der Waals surface area contributed by atoms with Gasteiger partial charge in [-0.25, -0.2) is 4.39 Å². The number of nitrogens with one attached hydrogen (secondary N) is 1. The molecular formula is C19H23FN2O3. The fourth-order valence-electron chi connectivity index (χ4n) is 4.33. The van der Waals surface area contributed by atoms with E-state index in [1.165, 1.54) is 12.1 Å². The van der Waals surface area contributed by atoms with E-state index >= 15 is 0 Å². The second-order valence-corrected chi connectivity index (χ2v) is 7.14. The van der Waals surface area contributed by atoms with E-state index < -0.39 is 0 Å². The van der Waals surface area contributed by atoms with Crippen LogP contribution in [0.2, 0.25) is 0 Å². The van der Waals surface area contributed by atoms with E-state index in [9.17, 15) is 14.3 Å². The van der Waals surface area contributed by atoms with Gasteiger partial charge < -0.3 is 19.7 Å². The lowest BCUT2D eigenvalue weighted by atomic mass is 9.58. The molecule has 1 saturated carbocycles. The Hall–Kier alpha value is -1.92. The number of carbonyl (C=O) groups is 1. The Morgan fingerprint density at radius 3 is 2.84 bits per heavy atom. The van der Waals surface area contributed by atoms with Crippen LogP contribution in [0, 0.1) is 11.2 Å². The van der Waals surface area contributed by atoms with E-state index in [1.807, 2.05) is 6.92 Å². The predicted octanol–water partition coefficient (Wildman–Crippen LogP) is 2.70.